The van der Waals surface area contributed by atoms with Crippen molar-refractivity contribution in [3.05, 3.63) is 11.6 Å². The summed E-state index contributed by atoms with van der Waals surface area (Å²) in [5.74, 6) is 2.69. The molecule has 2 aliphatic heterocycles. The van der Waals surface area contributed by atoms with Gasteiger partial charge in [0.15, 0.2) is 0 Å². The molecule has 1 atom stereocenters. The molecule has 0 spiro atoms. The van der Waals surface area contributed by atoms with Crippen molar-refractivity contribution in [2.24, 2.45) is 12.5 Å². The summed E-state index contributed by atoms with van der Waals surface area (Å²) in [6.07, 6.45) is 4.07. The first-order valence-electron chi connectivity index (χ1n) is 9.83. The molecule has 0 saturated carbocycles. The van der Waals surface area contributed by atoms with Crippen molar-refractivity contribution in [1.29, 1.82) is 0 Å². The summed E-state index contributed by atoms with van der Waals surface area (Å²) in [5.41, 5.74) is 0.339. The molecule has 142 valence electrons. The van der Waals surface area contributed by atoms with E-state index in [0.717, 1.165) is 57.2 Å². The molecule has 0 unspecified atom stereocenters. The lowest BCUT2D eigenvalue weighted by atomic mass is 9.92. The Hall–Kier alpha value is -0.980. The number of hydrogen-bond donors (Lipinski definition) is 1. The van der Waals surface area contributed by atoms with Crippen LogP contribution in [0, 0.1) is 5.41 Å². The zero-order chi connectivity index (χ0) is 18.0. The number of nitrogens with zero attached hydrogens (tertiary/aromatic N) is 5. The zero-order valence-electron chi connectivity index (χ0n) is 16.4. The molecule has 1 aromatic heterocycles. The maximum Gasteiger partial charge on any atom is 0.146 e. The van der Waals surface area contributed by atoms with E-state index in [1.54, 1.807) is 0 Å². The molecule has 0 amide bonds. The Morgan fingerprint density at radius 3 is 2.44 bits per heavy atom. The van der Waals surface area contributed by atoms with Gasteiger partial charge in [0.05, 0.1) is 12.6 Å². The van der Waals surface area contributed by atoms with E-state index in [-0.39, 0.29) is 6.10 Å². The van der Waals surface area contributed by atoms with Crippen LogP contribution in [0.5, 0.6) is 0 Å². The van der Waals surface area contributed by atoms with Gasteiger partial charge in [-0.05, 0) is 37.6 Å². The van der Waals surface area contributed by atoms with Crippen LogP contribution in [0.2, 0.25) is 0 Å². The Bertz CT molecular complexity index is 557. The molecule has 25 heavy (non-hydrogen) atoms. The lowest BCUT2D eigenvalue weighted by Gasteiger charge is -2.36. The van der Waals surface area contributed by atoms with E-state index in [1.807, 2.05) is 0 Å². The first kappa shape index (κ1) is 18.8. The fraction of sp³-hybridized carbons (Fsp3) is 0.895. The molecule has 6 heteroatoms. The van der Waals surface area contributed by atoms with Gasteiger partial charge in [0.1, 0.15) is 11.6 Å². The van der Waals surface area contributed by atoms with Gasteiger partial charge >= 0.3 is 0 Å². The smallest absolute Gasteiger partial charge is 0.146 e. The van der Waals surface area contributed by atoms with Crippen LogP contribution in [-0.4, -0.2) is 68.5 Å². The number of likely N-dealkylation sites (tertiary alicyclic amines) is 2. The van der Waals surface area contributed by atoms with Crippen LogP contribution in [0.1, 0.15) is 64.0 Å². The predicted octanol–water partition coefficient (Wildman–Crippen LogP) is 2.00. The molecule has 6 nitrogen and oxygen atoms in total. The van der Waals surface area contributed by atoms with E-state index in [9.17, 15) is 5.11 Å². The third-order valence-corrected chi connectivity index (χ3v) is 5.49. The standard InChI is InChI=1S/C19H35N5O/c1-19(2,3)14-24-9-5-6-15(12-24)18-21-20-17(22(18)4)13-23-10-7-16(25)8-11-23/h15-16,25H,5-14H2,1-4H3/t15-/m0/s1. The number of aliphatic hydroxyl groups excluding tert-OH is 1. The Morgan fingerprint density at radius 1 is 1.04 bits per heavy atom. The predicted molar refractivity (Wildman–Crippen MR) is 99.4 cm³/mol. The molecular formula is C19H35N5O. The second kappa shape index (κ2) is 7.72. The highest BCUT2D eigenvalue weighted by molar-refractivity contribution is 5.04. The average Bonchev–Trinajstić information content (AvgIpc) is 2.89. The van der Waals surface area contributed by atoms with E-state index in [1.165, 1.54) is 19.4 Å². The van der Waals surface area contributed by atoms with Gasteiger partial charge in [-0.1, -0.05) is 20.8 Å². The van der Waals surface area contributed by atoms with Crippen LogP contribution in [0.15, 0.2) is 0 Å². The van der Waals surface area contributed by atoms with Crippen LogP contribution in [0.25, 0.3) is 0 Å². The largest absolute Gasteiger partial charge is 0.393 e. The van der Waals surface area contributed by atoms with E-state index in [2.05, 4.69) is 52.4 Å². The molecule has 0 aliphatic carbocycles. The maximum atomic E-state index is 9.66. The molecule has 1 aromatic rings. The third-order valence-electron chi connectivity index (χ3n) is 5.49. The molecule has 3 rings (SSSR count). The summed E-state index contributed by atoms with van der Waals surface area (Å²) in [4.78, 5) is 4.97. The Labute approximate surface area is 152 Å². The Balaban J connectivity index is 1.62. The molecule has 3 heterocycles. The number of rotatable bonds is 4. The highest BCUT2D eigenvalue weighted by Gasteiger charge is 2.28. The van der Waals surface area contributed by atoms with Crippen molar-refractivity contribution in [3.63, 3.8) is 0 Å². The molecule has 1 N–H and O–H groups in total. The van der Waals surface area contributed by atoms with Gasteiger partial charge in [-0.2, -0.15) is 0 Å². The first-order chi connectivity index (χ1) is 11.8. The van der Waals surface area contributed by atoms with Crippen molar-refractivity contribution in [1.82, 2.24) is 24.6 Å². The topological polar surface area (TPSA) is 57.4 Å². The van der Waals surface area contributed by atoms with Gasteiger partial charge in [0, 0.05) is 39.1 Å². The van der Waals surface area contributed by atoms with Crippen LogP contribution < -0.4 is 0 Å². The fourth-order valence-corrected chi connectivity index (χ4v) is 4.23. The van der Waals surface area contributed by atoms with Crippen LogP contribution in [0.3, 0.4) is 0 Å². The molecular weight excluding hydrogens is 314 g/mol. The van der Waals surface area contributed by atoms with Crippen LogP contribution in [-0.2, 0) is 13.6 Å². The number of aromatic nitrogens is 3. The summed E-state index contributed by atoms with van der Waals surface area (Å²) in [6, 6.07) is 0. The van der Waals surface area contributed by atoms with Crippen molar-refractivity contribution in [2.45, 2.75) is 65.0 Å². The summed E-state index contributed by atoms with van der Waals surface area (Å²) < 4.78 is 2.22. The molecule has 0 radical (unpaired) electrons. The second-order valence-electron chi connectivity index (χ2n) is 9.18. The van der Waals surface area contributed by atoms with Crippen LogP contribution >= 0.6 is 0 Å². The summed E-state index contributed by atoms with van der Waals surface area (Å²) in [6.45, 7) is 13.1. The second-order valence-corrected chi connectivity index (χ2v) is 9.18. The summed E-state index contributed by atoms with van der Waals surface area (Å²) >= 11 is 0. The van der Waals surface area contributed by atoms with Crippen molar-refractivity contribution < 1.29 is 5.11 Å². The normalized spacial score (nSPS) is 24.8. The average molecular weight is 350 g/mol. The molecule has 0 aromatic carbocycles. The zero-order valence-corrected chi connectivity index (χ0v) is 16.4. The minimum atomic E-state index is -0.123. The van der Waals surface area contributed by atoms with Gasteiger partial charge in [0.2, 0.25) is 0 Å². The Morgan fingerprint density at radius 2 is 1.76 bits per heavy atom. The lowest BCUT2D eigenvalue weighted by molar-refractivity contribution is 0.0775. The van der Waals surface area contributed by atoms with Gasteiger partial charge in [-0.15, -0.1) is 10.2 Å². The highest BCUT2D eigenvalue weighted by atomic mass is 16.3. The van der Waals surface area contributed by atoms with Gasteiger partial charge in [0.25, 0.3) is 0 Å². The van der Waals surface area contributed by atoms with E-state index in [0.29, 0.717) is 11.3 Å². The number of piperidine rings is 2. The van der Waals surface area contributed by atoms with Crippen molar-refractivity contribution in [3.8, 4) is 0 Å². The molecule has 0 bridgehead atoms. The maximum absolute atomic E-state index is 9.66. The number of hydrogen-bond acceptors (Lipinski definition) is 5. The van der Waals surface area contributed by atoms with E-state index >= 15 is 0 Å². The Kier molecular flexibility index (Phi) is 5.81. The van der Waals surface area contributed by atoms with E-state index in [4.69, 9.17) is 0 Å². The van der Waals surface area contributed by atoms with Crippen LogP contribution in [0.4, 0.5) is 0 Å². The van der Waals surface area contributed by atoms with Crippen molar-refractivity contribution >= 4 is 0 Å². The van der Waals surface area contributed by atoms with E-state index < -0.39 is 0 Å². The van der Waals surface area contributed by atoms with Gasteiger partial charge < -0.3 is 14.6 Å². The quantitative estimate of drug-likeness (QED) is 0.901. The monoisotopic (exact) mass is 349 g/mol. The summed E-state index contributed by atoms with van der Waals surface area (Å²) in [7, 11) is 2.12. The molecule has 2 aliphatic rings. The third kappa shape index (κ3) is 5.02. The lowest BCUT2D eigenvalue weighted by Crippen LogP contribution is -2.40. The summed E-state index contributed by atoms with van der Waals surface area (Å²) in [5, 5.41) is 18.7. The molecule has 2 fully saturated rings. The fourth-order valence-electron chi connectivity index (χ4n) is 4.23. The number of aliphatic hydroxyl groups is 1. The molecule has 2 saturated heterocycles. The van der Waals surface area contributed by atoms with Crippen molar-refractivity contribution in [2.75, 3.05) is 32.7 Å². The first-order valence-corrected chi connectivity index (χ1v) is 9.83. The SMILES string of the molecule is Cn1c(CN2CCC(O)CC2)nnc1[C@H]1CCCN(CC(C)(C)C)C1. The minimum Gasteiger partial charge on any atom is -0.393 e. The van der Waals surface area contributed by atoms with Gasteiger partial charge in [-0.3, -0.25) is 4.90 Å². The minimum absolute atomic E-state index is 0.123. The van der Waals surface area contributed by atoms with Gasteiger partial charge in [-0.25, -0.2) is 0 Å². The highest BCUT2D eigenvalue weighted by Crippen LogP contribution is 2.28.